The Bertz CT molecular complexity index is 609. The molecule has 0 aliphatic carbocycles. The van der Waals surface area contributed by atoms with E-state index in [9.17, 15) is 5.21 Å². The summed E-state index contributed by atoms with van der Waals surface area (Å²) in [7, 11) is 0. The largest absolute Gasteiger partial charge is 0.618 e. The van der Waals surface area contributed by atoms with Crippen molar-refractivity contribution in [2.75, 3.05) is 0 Å². The zero-order chi connectivity index (χ0) is 13.3. The minimum Gasteiger partial charge on any atom is -0.618 e. The van der Waals surface area contributed by atoms with E-state index in [2.05, 4.69) is 4.98 Å². The highest BCUT2D eigenvalue weighted by Crippen LogP contribution is 2.41. The van der Waals surface area contributed by atoms with Crippen molar-refractivity contribution in [1.29, 1.82) is 0 Å². The van der Waals surface area contributed by atoms with Crippen LogP contribution < -0.4 is 4.73 Å². The lowest BCUT2D eigenvalue weighted by Gasteiger charge is -2.07. The van der Waals surface area contributed by atoms with E-state index in [-0.39, 0.29) is 20.2 Å². The Morgan fingerprint density at radius 1 is 1.06 bits per heavy atom. The second-order valence-corrected chi connectivity index (χ2v) is 5.62. The fraction of sp³-hybridized carbons (Fsp3) is 0. The summed E-state index contributed by atoms with van der Waals surface area (Å²) in [6.45, 7) is 0. The van der Waals surface area contributed by atoms with E-state index < -0.39 is 0 Å². The molecule has 0 bridgehead atoms. The normalized spacial score (nSPS) is 10.7. The first-order valence-electron chi connectivity index (χ1n) is 4.56. The van der Waals surface area contributed by atoms with Gasteiger partial charge in [-0.05, 0) is 6.07 Å². The molecule has 0 amide bonds. The molecule has 0 radical (unpaired) electrons. The Labute approximate surface area is 127 Å². The van der Waals surface area contributed by atoms with Crippen LogP contribution in [-0.4, -0.2) is 4.98 Å². The molecule has 18 heavy (non-hydrogen) atoms. The van der Waals surface area contributed by atoms with Gasteiger partial charge in [-0.25, -0.2) is 4.98 Å². The molecule has 0 aliphatic heterocycles. The fourth-order valence-electron chi connectivity index (χ4n) is 1.13. The van der Waals surface area contributed by atoms with Crippen LogP contribution in [0.5, 0.6) is 0 Å². The van der Waals surface area contributed by atoms with Gasteiger partial charge in [-0.15, -0.1) is 0 Å². The average molecular weight is 342 g/mol. The van der Waals surface area contributed by atoms with Gasteiger partial charge >= 0.3 is 0 Å². The molecule has 0 spiro atoms. The van der Waals surface area contributed by atoms with E-state index in [4.69, 9.17) is 46.4 Å². The predicted molar refractivity (Wildman–Crippen MR) is 73.8 cm³/mol. The number of pyridine rings is 2. The number of rotatable bonds is 2. The van der Waals surface area contributed by atoms with Crippen LogP contribution in [0.2, 0.25) is 20.2 Å². The van der Waals surface area contributed by atoms with Crippen LogP contribution in [0, 0.1) is 5.21 Å². The SMILES string of the molecule is [O-][n+]1ccccc1Sc1nc(Cl)c(Cl)c(Cl)c1Cl. The monoisotopic (exact) mass is 340 g/mol. The minimum absolute atomic E-state index is 0.0435. The first-order chi connectivity index (χ1) is 8.50. The molecule has 0 unspecified atom stereocenters. The minimum atomic E-state index is 0.0435. The number of halogens is 4. The molecule has 0 atom stereocenters. The Balaban J connectivity index is 2.45. The van der Waals surface area contributed by atoms with Crippen molar-refractivity contribution in [1.82, 2.24) is 4.98 Å². The molecule has 94 valence electrons. The van der Waals surface area contributed by atoms with Gasteiger partial charge in [0.05, 0.1) is 15.1 Å². The predicted octanol–water partition coefficient (Wildman–Crippen LogP) is 4.48. The zero-order valence-electron chi connectivity index (χ0n) is 8.53. The molecule has 2 aromatic heterocycles. The molecular formula is C10H4Cl4N2OS. The summed E-state index contributed by atoms with van der Waals surface area (Å²) >= 11 is 24.6. The van der Waals surface area contributed by atoms with Crippen LogP contribution in [0.4, 0.5) is 0 Å². The summed E-state index contributed by atoms with van der Waals surface area (Å²) < 4.78 is 0.694. The third-order valence-corrected chi connectivity index (χ3v) is 4.75. The highest BCUT2D eigenvalue weighted by Gasteiger charge is 2.18. The zero-order valence-corrected chi connectivity index (χ0v) is 12.4. The molecule has 0 fully saturated rings. The average Bonchev–Trinajstić information content (AvgIpc) is 2.36. The Hall–Kier alpha value is -0.390. The van der Waals surface area contributed by atoms with Gasteiger partial charge in [0.2, 0.25) is 0 Å². The van der Waals surface area contributed by atoms with Crippen LogP contribution in [-0.2, 0) is 0 Å². The van der Waals surface area contributed by atoms with E-state index in [1.807, 2.05) is 0 Å². The smallest absolute Gasteiger partial charge is 0.257 e. The van der Waals surface area contributed by atoms with Crippen LogP contribution in [0.1, 0.15) is 0 Å². The van der Waals surface area contributed by atoms with Gasteiger partial charge in [0, 0.05) is 23.9 Å². The third-order valence-electron chi connectivity index (χ3n) is 1.94. The number of hydrogen-bond donors (Lipinski definition) is 0. The molecule has 0 aromatic carbocycles. The Morgan fingerprint density at radius 3 is 2.44 bits per heavy atom. The van der Waals surface area contributed by atoms with Gasteiger partial charge < -0.3 is 5.21 Å². The summed E-state index contributed by atoms with van der Waals surface area (Å²) in [6.07, 6.45) is 1.37. The van der Waals surface area contributed by atoms with Crippen molar-refractivity contribution in [3.8, 4) is 0 Å². The van der Waals surface area contributed by atoms with Crippen LogP contribution in [0.15, 0.2) is 34.4 Å². The molecule has 2 aromatic rings. The number of hydrogen-bond acceptors (Lipinski definition) is 3. The lowest BCUT2D eigenvalue weighted by molar-refractivity contribution is -0.645. The van der Waals surface area contributed by atoms with Gasteiger partial charge in [0.15, 0.2) is 11.3 Å². The van der Waals surface area contributed by atoms with Crippen molar-refractivity contribution < 1.29 is 4.73 Å². The van der Waals surface area contributed by atoms with E-state index in [0.717, 1.165) is 11.8 Å². The summed E-state index contributed by atoms with van der Waals surface area (Å²) in [6, 6.07) is 4.98. The lowest BCUT2D eigenvalue weighted by Crippen LogP contribution is -2.27. The fourth-order valence-corrected chi connectivity index (χ4v) is 2.90. The van der Waals surface area contributed by atoms with Gasteiger partial charge in [-0.1, -0.05) is 46.4 Å². The quantitative estimate of drug-likeness (QED) is 0.459. The molecule has 8 heteroatoms. The van der Waals surface area contributed by atoms with Crippen LogP contribution in [0.3, 0.4) is 0 Å². The number of nitrogens with zero attached hydrogens (tertiary/aromatic N) is 2. The summed E-state index contributed by atoms with van der Waals surface area (Å²) in [5.74, 6) is 0. The van der Waals surface area contributed by atoms with E-state index in [0.29, 0.717) is 14.8 Å². The topological polar surface area (TPSA) is 39.8 Å². The standard InChI is InChI=1S/C10H4Cl4N2OS/c11-6-7(12)9(14)15-10(8(6)13)18-5-3-1-2-4-16(5)17/h1-4H. The molecule has 0 aliphatic rings. The molecular weight excluding hydrogens is 338 g/mol. The second kappa shape index (κ2) is 5.72. The highest BCUT2D eigenvalue weighted by molar-refractivity contribution is 7.99. The second-order valence-electron chi connectivity index (χ2n) is 3.12. The van der Waals surface area contributed by atoms with Gasteiger partial charge in [-0.3, -0.25) is 0 Å². The van der Waals surface area contributed by atoms with Gasteiger partial charge in [0.25, 0.3) is 5.03 Å². The van der Waals surface area contributed by atoms with E-state index >= 15 is 0 Å². The van der Waals surface area contributed by atoms with Crippen molar-refractivity contribution in [2.24, 2.45) is 0 Å². The first-order valence-corrected chi connectivity index (χ1v) is 6.89. The van der Waals surface area contributed by atoms with E-state index in [1.54, 1.807) is 18.2 Å². The van der Waals surface area contributed by atoms with Crippen LogP contribution >= 0.6 is 58.2 Å². The van der Waals surface area contributed by atoms with Crippen molar-refractivity contribution in [3.63, 3.8) is 0 Å². The lowest BCUT2D eigenvalue weighted by atomic mass is 10.5. The maximum absolute atomic E-state index is 11.5. The molecule has 0 N–H and O–H groups in total. The summed E-state index contributed by atoms with van der Waals surface area (Å²) in [5, 5.41) is 12.7. The highest BCUT2D eigenvalue weighted by atomic mass is 35.5. The third kappa shape index (κ3) is 2.78. The Kier molecular flexibility index (Phi) is 4.45. The Morgan fingerprint density at radius 2 is 1.78 bits per heavy atom. The summed E-state index contributed by atoms with van der Waals surface area (Å²) in [5.41, 5.74) is 0. The molecule has 0 saturated carbocycles. The maximum atomic E-state index is 11.5. The maximum Gasteiger partial charge on any atom is 0.257 e. The molecule has 0 saturated heterocycles. The molecule has 2 heterocycles. The van der Waals surface area contributed by atoms with E-state index in [1.165, 1.54) is 6.20 Å². The number of aromatic nitrogens is 2. The van der Waals surface area contributed by atoms with Crippen molar-refractivity contribution >= 4 is 58.2 Å². The molecule has 2 rings (SSSR count). The van der Waals surface area contributed by atoms with Crippen molar-refractivity contribution in [3.05, 3.63) is 49.8 Å². The first kappa shape index (κ1) is 14.0. The van der Waals surface area contributed by atoms with Gasteiger partial charge in [0.1, 0.15) is 5.03 Å². The molecule has 3 nitrogen and oxygen atoms in total. The van der Waals surface area contributed by atoms with Gasteiger partial charge in [-0.2, -0.15) is 4.73 Å². The summed E-state index contributed by atoms with van der Waals surface area (Å²) in [4.78, 5) is 4.00. The van der Waals surface area contributed by atoms with Crippen LogP contribution in [0.25, 0.3) is 0 Å². The van der Waals surface area contributed by atoms with Crippen molar-refractivity contribution in [2.45, 2.75) is 10.1 Å².